The highest BCUT2D eigenvalue weighted by Crippen LogP contribution is 2.31. The molecule has 3 aromatic heterocycles. The molecule has 0 saturated carbocycles. The summed E-state index contributed by atoms with van der Waals surface area (Å²) in [6.45, 7) is 4.48. The number of amides is 1. The van der Waals surface area contributed by atoms with E-state index in [1.807, 2.05) is 30.5 Å². The molecular formula is C23H20N4O3S2. The van der Waals surface area contributed by atoms with Gasteiger partial charge in [-0.05, 0) is 36.6 Å². The standard InChI is InChI=1S/C23H20N4O3S2/c1-15-4-6-18-17(13-15)21(29)16(14-30-18)5-7-20(28)26-8-10-27(11-9-26)23-25-24-22(32-23)19-3-2-12-31-19/h2-7,12-14H,8-11H2,1H3/b7-5+. The first-order valence-corrected chi connectivity index (χ1v) is 11.9. The van der Waals surface area contributed by atoms with Gasteiger partial charge in [0, 0.05) is 32.3 Å². The van der Waals surface area contributed by atoms with Crippen molar-refractivity contribution in [2.75, 3.05) is 31.1 Å². The highest BCUT2D eigenvalue weighted by Gasteiger charge is 2.22. The second-order valence-corrected chi connectivity index (χ2v) is 9.44. The second kappa shape index (κ2) is 8.68. The number of aromatic nitrogens is 2. The number of fused-ring (bicyclic) bond motifs is 1. The quantitative estimate of drug-likeness (QED) is 0.424. The topological polar surface area (TPSA) is 79.5 Å². The molecule has 9 heteroatoms. The summed E-state index contributed by atoms with van der Waals surface area (Å²) in [6.07, 6.45) is 4.39. The van der Waals surface area contributed by atoms with E-state index in [0.717, 1.165) is 20.6 Å². The van der Waals surface area contributed by atoms with Gasteiger partial charge in [0.15, 0.2) is 10.4 Å². The lowest BCUT2D eigenvalue weighted by Gasteiger charge is -2.33. The Kier molecular flexibility index (Phi) is 5.59. The van der Waals surface area contributed by atoms with Crippen LogP contribution in [0.25, 0.3) is 26.9 Å². The number of piperazine rings is 1. The summed E-state index contributed by atoms with van der Waals surface area (Å²) < 4.78 is 5.55. The summed E-state index contributed by atoms with van der Waals surface area (Å²) in [7, 11) is 0. The minimum absolute atomic E-state index is 0.120. The minimum atomic E-state index is -0.137. The lowest BCUT2D eigenvalue weighted by atomic mass is 10.1. The average molecular weight is 465 g/mol. The van der Waals surface area contributed by atoms with Crippen molar-refractivity contribution in [3.8, 4) is 9.88 Å². The van der Waals surface area contributed by atoms with E-state index in [-0.39, 0.29) is 11.3 Å². The zero-order chi connectivity index (χ0) is 22.1. The highest BCUT2D eigenvalue weighted by atomic mass is 32.1. The van der Waals surface area contributed by atoms with Gasteiger partial charge >= 0.3 is 0 Å². The average Bonchev–Trinajstić information content (AvgIpc) is 3.51. The van der Waals surface area contributed by atoms with Crippen LogP contribution in [0.4, 0.5) is 5.13 Å². The molecule has 0 unspecified atom stereocenters. The van der Waals surface area contributed by atoms with Crippen molar-refractivity contribution in [2.45, 2.75) is 6.92 Å². The molecule has 4 aromatic rings. The summed E-state index contributed by atoms with van der Waals surface area (Å²) in [6, 6.07) is 9.52. The monoisotopic (exact) mass is 464 g/mol. The molecule has 32 heavy (non-hydrogen) atoms. The van der Waals surface area contributed by atoms with E-state index in [4.69, 9.17) is 4.42 Å². The number of rotatable bonds is 4. The Morgan fingerprint density at radius 2 is 2.00 bits per heavy atom. The van der Waals surface area contributed by atoms with Crippen LogP contribution in [0.15, 0.2) is 57.3 Å². The molecule has 4 heterocycles. The smallest absolute Gasteiger partial charge is 0.246 e. The zero-order valence-corrected chi connectivity index (χ0v) is 19.0. The molecule has 0 N–H and O–H groups in total. The number of hydrogen-bond acceptors (Lipinski definition) is 8. The van der Waals surface area contributed by atoms with E-state index in [1.54, 1.807) is 45.8 Å². The molecule has 0 spiro atoms. The fourth-order valence-corrected chi connectivity index (χ4v) is 5.29. The molecule has 0 bridgehead atoms. The van der Waals surface area contributed by atoms with Gasteiger partial charge in [0.25, 0.3) is 0 Å². The molecule has 1 aromatic carbocycles. The Morgan fingerprint density at radius 1 is 1.16 bits per heavy atom. The molecule has 1 aliphatic heterocycles. The molecule has 0 atom stereocenters. The lowest BCUT2D eigenvalue weighted by molar-refractivity contribution is -0.126. The first kappa shape index (κ1) is 20.6. The van der Waals surface area contributed by atoms with Crippen molar-refractivity contribution in [2.24, 2.45) is 0 Å². The second-order valence-electron chi connectivity index (χ2n) is 7.53. The Hall–Kier alpha value is -3.30. The molecule has 0 aliphatic carbocycles. The van der Waals surface area contributed by atoms with Crippen LogP contribution in [0.3, 0.4) is 0 Å². The van der Waals surface area contributed by atoms with E-state index in [9.17, 15) is 9.59 Å². The van der Waals surface area contributed by atoms with E-state index < -0.39 is 0 Å². The number of anilines is 1. The largest absolute Gasteiger partial charge is 0.463 e. The maximum Gasteiger partial charge on any atom is 0.246 e. The SMILES string of the molecule is Cc1ccc2occ(/C=C/C(=O)N3CCN(c4nnc(-c5cccs5)s4)CC3)c(=O)c2c1. The fraction of sp³-hybridized carbons (Fsp3) is 0.217. The third kappa shape index (κ3) is 4.09. The van der Waals surface area contributed by atoms with Crippen molar-refractivity contribution in [1.82, 2.24) is 15.1 Å². The fourth-order valence-electron chi connectivity index (χ4n) is 3.60. The van der Waals surface area contributed by atoms with Crippen molar-refractivity contribution in [3.63, 3.8) is 0 Å². The Labute approximate surface area is 192 Å². The van der Waals surface area contributed by atoms with E-state index >= 15 is 0 Å². The molecular weight excluding hydrogens is 444 g/mol. The number of thiophene rings is 1. The maximum atomic E-state index is 12.7. The number of nitrogens with zero attached hydrogens (tertiary/aromatic N) is 4. The molecule has 1 fully saturated rings. The van der Waals surface area contributed by atoms with Crippen molar-refractivity contribution in [1.29, 1.82) is 0 Å². The van der Waals surface area contributed by atoms with Crippen LogP contribution in [0.5, 0.6) is 0 Å². The predicted octanol–water partition coefficient (Wildman–Crippen LogP) is 4.04. The van der Waals surface area contributed by atoms with Crippen molar-refractivity contribution in [3.05, 3.63) is 69.4 Å². The predicted molar refractivity (Wildman–Crippen MR) is 128 cm³/mol. The normalized spacial score (nSPS) is 14.5. The molecule has 0 radical (unpaired) electrons. The summed E-state index contributed by atoms with van der Waals surface area (Å²) in [5.74, 6) is -0.120. The van der Waals surface area contributed by atoms with Crippen LogP contribution in [0.2, 0.25) is 0 Å². The summed E-state index contributed by atoms with van der Waals surface area (Å²) in [5, 5.41) is 13.0. The third-order valence-electron chi connectivity index (χ3n) is 5.37. The first-order chi connectivity index (χ1) is 15.6. The van der Waals surface area contributed by atoms with Gasteiger partial charge in [0.2, 0.25) is 11.0 Å². The van der Waals surface area contributed by atoms with Gasteiger partial charge in [-0.25, -0.2) is 0 Å². The molecule has 162 valence electrons. The minimum Gasteiger partial charge on any atom is -0.463 e. The maximum absolute atomic E-state index is 12.7. The van der Waals surface area contributed by atoms with E-state index in [0.29, 0.717) is 42.7 Å². The van der Waals surface area contributed by atoms with E-state index in [1.165, 1.54) is 12.3 Å². The van der Waals surface area contributed by atoms with Crippen LogP contribution in [-0.4, -0.2) is 47.2 Å². The molecule has 5 rings (SSSR count). The van der Waals surface area contributed by atoms with Crippen molar-refractivity contribution < 1.29 is 9.21 Å². The third-order valence-corrected chi connectivity index (χ3v) is 7.39. The van der Waals surface area contributed by atoms with Gasteiger partial charge in [-0.2, -0.15) is 0 Å². The molecule has 1 saturated heterocycles. The Balaban J connectivity index is 1.23. The van der Waals surface area contributed by atoms with Crippen LogP contribution >= 0.6 is 22.7 Å². The van der Waals surface area contributed by atoms with Gasteiger partial charge in [0.05, 0.1) is 15.8 Å². The molecule has 1 amide bonds. The Morgan fingerprint density at radius 3 is 2.78 bits per heavy atom. The van der Waals surface area contributed by atoms with Gasteiger partial charge in [-0.15, -0.1) is 21.5 Å². The Bertz CT molecular complexity index is 1350. The number of benzene rings is 1. The van der Waals surface area contributed by atoms with Gasteiger partial charge in [0.1, 0.15) is 11.8 Å². The number of aryl methyl sites for hydroxylation is 1. The summed E-state index contributed by atoms with van der Waals surface area (Å²) >= 11 is 3.22. The summed E-state index contributed by atoms with van der Waals surface area (Å²) in [5.41, 5.74) is 1.75. The molecule has 7 nitrogen and oxygen atoms in total. The summed E-state index contributed by atoms with van der Waals surface area (Å²) in [4.78, 5) is 30.4. The number of carbonyl (C=O) groups excluding carboxylic acids is 1. The van der Waals surface area contributed by atoms with Crippen LogP contribution in [0, 0.1) is 6.92 Å². The zero-order valence-electron chi connectivity index (χ0n) is 17.4. The number of carbonyl (C=O) groups is 1. The van der Waals surface area contributed by atoms with Crippen LogP contribution < -0.4 is 10.3 Å². The first-order valence-electron chi connectivity index (χ1n) is 10.2. The van der Waals surface area contributed by atoms with Crippen LogP contribution in [-0.2, 0) is 4.79 Å². The van der Waals surface area contributed by atoms with Gasteiger partial charge < -0.3 is 14.2 Å². The van der Waals surface area contributed by atoms with Crippen molar-refractivity contribution >= 4 is 50.8 Å². The van der Waals surface area contributed by atoms with Gasteiger partial charge in [-0.3, -0.25) is 9.59 Å². The number of hydrogen-bond donors (Lipinski definition) is 0. The van der Waals surface area contributed by atoms with Crippen LogP contribution in [0.1, 0.15) is 11.1 Å². The highest BCUT2D eigenvalue weighted by molar-refractivity contribution is 7.22. The van der Waals surface area contributed by atoms with E-state index in [2.05, 4.69) is 15.1 Å². The lowest BCUT2D eigenvalue weighted by Crippen LogP contribution is -2.48. The molecule has 1 aliphatic rings. The van der Waals surface area contributed by atoms with Gasteiger partial charge in [-0.1, -0.05) is 29.0 Å².